The molecule has 7 N–H and O–H groups in total. The highest BCUT2D eigenvalue weighted by molar-refractivity contribution is 6.33. The van der Waals surface area contributed by atoms with Crippen molar-refractivity contribution in [2.24, 2.45) is 0 Å². The molecule has 0 heterocycles. The molecule has 0 aliphatic heterocycles. The number of ketones is 4. The van der Waals surface area contributed by atoms with Gasteiger partial charge in [-0.2, -0.15) is 0 Å². The summed E-state index contributed by atoms with van der Waals surface area (Å²) < 4.78 is 10.9. The fraction of sp³-hybridized carbons (Fsp3) is 0.250. The summed E-state index contributed by atoms with van der Waals surface area (Å²) in [6.07, 6.45) is -6.42. The number of carbonyl (C=O) groups is 4. The predicted molar refractivity (Wildman–Crippen MR) is 152 cm³/mol. The minimum Gasteiger partial charge on any atom is -0.508 e. The van der Waals surface area contributed by atoms with E-state index < -0.39 is 97.5 Å². The third kappa shape index (κ3) is 3.75. The number of phenols is 3. The Morgan fingerprint density at radius 1 is 0.644 bits per heavy atom. The largest absolute Gasteiger partial charge is 0.508 e. The van der Waals surface area contributed by atoms with Gasteiger partial charge in [-0.1, -0.05) is 0 Å². The lowest BCUT2D eigenvalue weighted by Gasteiger charge is -2.44. The first-order valence-electron chi connectivity index (χ1n) is 13.5. The maximum absolute atomic E-state index is 14.2. The van der Waals surface area contributed by atoms with Crippen LogP contribution in [0.15, 0.2) is 35.4 Å². The smallest absolute Gasteiger partial charge is 0.198 e. The van der Waals surface area contributed by atoms with Crippen LogP contribution in [-0.2, 0) is 0 Å². The Kier molecular flexibility index (Phi) is 6.47. The van der Waals surface area contributed by atoms with Crippen molar-refractivity contribution in [1.29, 1.82) is 0 Å². The normalized spacial score (nSPS) is 23.8. The second-order valence-electron chi connectivity index (χ2n) is 11.3. The molecule has 45 heavy (non-hydrogen) atoms. The van der Waals surface area contributed by atoms with E-state index in [-0.39, 0.29) is 33.9 Å². The topological polar surface area (TPSA) is 228 Å². The summed E-state index contributed by atoms with van der Waals surface area (Å²) >= 11 is 0. The zero-order valence-corrected chi connectivity index (χ0v) is 24.1. The number of methoxy groups -OCH3 is 2. The Labute approximate surface area is 253 Å². The molecule has 3 aromatic rings. The number of aliphatic hydroxyl groups is 4. The van der Waals surface area contributed by atoms with E-state index in [1.54, 1.807) is 0 Å². The highest BCUT2D eigenvalue weighted by Gasteiger charge is 2.56. The Bertz CT molecular complexity index is 1970. The van der Waals surface area contributed by atoms with Crippen molar-refractivity contribution in [3.8, 4) is 39.9 Å². The zero-order valence-electron chi connectivity index (χ0n) is 24.1. The van der Waals surface area contributed by atoms with Gasteiger partial charge in [0, 0.05) is 45.0 Å². The summed E-state index contributed by atoms with van der Waals surface area (Å²) in [5.41, 5.74) is -6.84. The minimum atomic E-state index is -2.50. The summed E-state index contributed by atoms with van der Waals surface area (Å²) in [4.78, 5) is 55.2. The van der Waals surface area contributed by atoms with Crippen molar-refractivity contribution in [1.82, 2.24) is 0 Å². The van der Waals surface area contributed by atoms with Crippen LogP contribution in [-0.4, -0.2) is 97.0 Å². The number of Topliss-reactive ketones (excluding diaryl/α,β-unsaturated/α-hetero) is 2. The third-order valence-electron chi connectivity index (χ3n) is 8.78. The first kappa shape index (κ1) is 30.0. The summed E-state index contributed by atoms with van der Waals surface area (Å²) in [5.74, 6) is -6.41. The van der Waals surface area contributed by atoms with Crippen LogP contribution >= 0.6 is 0 Å². The molecule has 0 saturated heterocycles. The summed E-state index contributed by atoms with van der Waals surface area (Å²) in [5, 5.41) is 75.8. The fourth-order valence-corrected chi connectivity index (χ4v) is 6.33. The number of fused-ring (bicyclic) bond motifs is 3. The van der Waals surface area contributed by atoms with Gasteiger partial charge in [0.2, 0.25) is 0 Å². The van der Waals surface area contributed by atoms with E-state index in [9.17, 15) is 54.9 Å². The number of phenolic OH excluding ortho intramolecular Hbond substituents is 3. The maximum atomic E-state index is 14.2. The average Bonchev–Trinajstić information content (AvgIpc) is 2.99. The number of carbonyl (C=O) groups excluding carboxylic acids is 4. The van der Waals surface area contributed by atoms with Crippen molar-refractivity contribution >= 4 is 23.1 Å². The van der Waals surface area contributed by atoms with Gasteiger partial charge in [0.15, 0.2) is 23.1 Å². The second-order valence-corrected chi connectivity index (χ2v) is 11.3. The fourth-order valence-electron chi connectivity index (χ4n) is 6.33. The number of ether oxygens (including phenoxy) is 2. The number of rotatable bonds is 3. The highest BCUT2D eigenvalue weighted by Crippen LogP contribution is 2.54. The second kappa shape index (κ2) is 9.71. The predicted octanol–water partition coefficient (Wildman–Crippen LogP) is 1.09. The van der Waals surface area contributed by atoms with Crippen LogP contribution in [0.2, 0.25) is 0 Å². The Balaban J connectivity index is 1.70. The molecule has 0 spiro atoms. The molecular weight excluding hydrogens is 592 g/mol. The summed E-state index contributed by atoms with van der Waals surface area (Å²) in [6, 6.07) is 4.50. The van der Waals surface area contributed by atoms with Gasteiger partial charge in [-0.3, -0.25) is 19.2 Å². The summed E-state index contributed by atoms with van der Waals surface area (Å²) in [7, 11) is 2.31. The van der Waals surface area contributed by atoms with E-state index in [1.165, 1.54) is 20.1 Å². The molecule has 6 rings (SSSR count). The van der Waals surface area contributed by atoms with Crippen LogP contribution in [0.1, 0.15) is 65.0 Å². The van der Waals surface area contributed by atoms with Gasteiger partial charge in [-0.25, -0.2) is 0 Å². The summed E-state index contributed by atoms with van der Waals surface area (Å²) in [6.45, 7) is 2.48. The number of benzene rings is 3. The minimum absolute atomic E-state index is 0.0316. The SMILES string of the molecule is COc1cc2c(c(O)c1-c1c(OC)cc(O)c3c1C(=O)C1=C(C3=O)[C@@H](O)[C@@H](O)[C@@](C)(O)[C@@H]1O)C(=O)c1cc(O)c(C)cc1C2=O. The average molecular weight is 619 g/mol. The first-order chi connectivity index (χ1) is 21.1. The van der Waals surface area contributed by atoms with Gasteiger partial charge >= 0.3 is 0 Å². The third-order valence-corrected chi connectivity index (χ3v) is 8.78. The molecule has 13 heteroatoms. The van der Waals surface area contributed by atoms with Crippen LogP contribution in [0.4, 0.5) is 0 Å². The molecule has 232 valence electrons. The molecular formula is C32H26O13. The Hall–Kier alpha value is -5.08. The quantitative estimate of drug-likeness (QED) is 0.171. The molecule has 0 bridgehead atoms. The van der Waals surface area contributed by atoms with Crippen LogP contribution in [0.5, 0.6) is 28.7 Å². The van der Waals surface area contributed by atoms with E-state index in [2.05, 4.69) is 0 Å². The maximum Gasteiger partial charge on any atom is 0.198 e. The zero-order chi connectivity index (χ0) is 33.0. The number of aromatic hydroxyl groups is 3. The van der Waals surface area contributed by atoms with Crippen LogP contribution in [0, 0.1) is 6.92 Å². The Morgan fingerprint density at radius 3 is 1.84 bits per heavy atom. The standard InChI is InChI=1S/C32H26O13/c1-9-5-10-11(6-13(9)33)25(36)17-12(24(10)35)7-15(44-3)20(26(17)37)19-16(45-4)8-14(34)18-21(19)28(39)23-22(27(18)38)29(40)31(42)32(2,43)30(23)41/h5-8,29-31,33-34,37,40-43H,1-4H3/t29-,30-,31-,32+/m1/s1. The van der Waals surface area contributed by atoms with E-state index in [1.807, 2.05) is 0 Å². The molecule has 4 atom stereocenters. The van der Waals surface area contributed by atoms with E-state index in [0.717, 1.165) is 32.2 Å². The van der Waals surface area contributed by atoms with Crippen LogP contribution < -0.4 is 9.47 Å². The number of aliphatic hydroxyl groups excluding tert-OH is 3. The van der Waals surface area contributed by atoms with Gasteiger partial charge in [0.05, 0.1) is 30.9 Å². The molecule has 0 radical (unpaired) electrons. The van der Waals surface area contributed by atoms with Crippen molar-refractivity contribution in [3.05, 3.63) is 74.4 Å². The van der Waals surface area contributed by atoms with Gasteiger partial charge in [0.1, 0.15) is 52.7 Å². The van der Waals surface area contributed by atoms with Gasteiger partial charge in [0.25, 0.3) is 0 Å². The molecule has 3 aliphatic rings. The molecule has 0 saturated carbocycles. The number of hydrogen-bond donors (Lipinski definition) is 7. The van der Waals surface area contributed by atoms with Crippen molar-refractivity contribution in [3.63, 3.8) is 0 Å². The van der Waals surface area contributed by atoms with Crippen molar-refractivity contribution < 1.29 is 64.4 Å². The van der Waals surface area contributed by atoms with Crippen LogP contribution in [0.3, 0.4) is 0 Å². The van der Waals surface area contributed by atoms with Gasteiger partial charge < -0.3 is 45.2 Å². The van der Waals surface area contributed by atoms with Crippen molar-refractivity contribution in [2.45, 2.75) is 37.8 Å². The molecule has 0 aromatic heterocycles. The molecule has 3 aromatic carbocycles. The van der Waals surface area contributed by atoms with Gasteiger partial charge in [-0.05, 0) is 37.6 Å². The lowest BCUT2D eigenvalue weighted by atomic mass is 9.67. The molecule has 0 unspecified atom stereocenters. The molecule has 0 amide bonds. The lowest BCUT2D eigenvalue weighted by molar-refractivity contribution is -0.158. The monoisotopic (exact) mass is 618 g/mol. The molecule has 3 aliphatic carbocycles. The van der Waals surface area contributed by atoms with E-state index in [4.69, 9.17) is 9.47 Å². The van der Waals surface area contributed by atoms with Crippen molar-refractivity contribution in [2.75, 3.05) is 14.2 Å². The number of aryl methyl sites for hydroxylation is 1. The molecule has 0 fully saturated rings. The highest BCUT2D eigenvalue weighted by atomic mass is 16.5. The van der Waals surface area contributed by atoms with E-state index in [0.29, 0.717) is 5.56 Å². The van der Waals surface area contributed by atoms with Crippen LogP contribution in [0.25, 0.3) is 11.1 Å². The number of hydrogen-bond acceptors (Lipinski definition) is 13. The van der Waals surface area contributed by atoms with Gasteiger partial charge in [-0.15, -0.1) is 0 Å². The Morgan fingerprint density at radius 2 is 1.22 bits per heavy atom. The van der Waals surface area contributed by atoms with E-state index >= 15 is 0 Å². The molecule has 13 nitrogen and oxygen atoms in total. The lowest BCUT2D eigenvalue weighted by Crippen LogP contribution is -2.61. The first-order valence-corrected chi connectivity index (χ1v) is 13.5.